The van der Waals surface area contributed by atoms with Gasteiger partial charge in [0.1, 0.15) is 5.56 Å². The number of ether oxygens (including phenoxy) is 1. The number of carbonyl (C=O) groups is 1. The van der Waals surface area contributed by atoms with Crippen LogP contribution in [0.25, 0.3) is 0 Å². The molecule has 1 aliphatic heterocycles. The Morgan fingerprint density at radius 2 is 2.20 bits per heavy atom. The molecular weight excluding hydrogens is 250 g/mol. The number of hydrogen-bond donors (Lipinski definition) is 1. The SMILES string of the molecule is CCc1cccc(C)c1N[C@H]1OC(=O)c2c#cccc21. The molecule has 0 unspecified atom stereocenters. The zero-order valence-electron chi connectivity index (χ0n) is 11.5. The second kappa shape index (κ2) is 4.90. The van der Waals surface area contributed by atoms with Crippen LogP contribution in [-0.4, -0.2) is 5.97 Å². The van der Waals surface area contributed by atoms with Crippen molar-refractivity contribution in [1.29, 1.82) is 0 Å². The molecule has 1 atom stereocenters. The Hall–Kier alpha value is -2.47. The molecule has 0 radical (unpaired) electrons. The predicted molar refractivity (Wildman–Crippen MR) is 76.5 cm³/mol. The van der Waals surface area contributed by atoms with Crippen LogP contribution in [-0.2, 0) is 11.2 Å². The fourth-order valence-electron chi connectivity index (χ4n) is 2.49. The number of benzene rings is 1. The zero-order chi connectivity index (χ0) is 14.1. The van der Waals surface area contributed by atoms with Crippen molar-refractivity contribution in [3.8, 4) is 0 Å². The van der Waals surface area contributed by atoms with Gasteiger partial charge in [-0.1, -0.05) is 37.3 Å². The fourth-order valence-corrected chi connectivity index (χ4v) is 2.49. The molecule has 2 aromatic rings. The average Bonchev–Trinajstić information content (AvgIpc) is 2.78. The maximum atomic E-state index is 11.8. The summed E-state index contributed by atoms with van der Waals surface area (Å²) in [5.41, 5.74) is 4.67. The van der Waals surface area contributed by atoms with Crippen molar-refractivity contribution in [2.24, 2.45) is 0 Å². The van der Waals surface area contributed by atoms with Gasteiger partial charge in [-0.25, -0.2) is 4.79 Å². The Bertz CT molecular complexity index is 664. The first-order valence-corrected chi connectivity index (χ1v) is 6.69. The second-order valence-corrected chi connectivity index (χ2v) is 4.83. The van der Waals surface area contributed by atoms with Crippen LogP contribution in [0.3, 0.4) is 0 Å². The first kappa shape index (κ1) is 12.6. The van der Waals surface area contributed by atoms with Crippen LogP contribution >= 0.6 is 0 Å². The van der Waals surface area contributed by atoms with Crippen LogP contribution in [0.1, 0.15) is 40.2 Å². The second-order valence-electron chi connectivity index (χ2n) is 4.83. The first-order chi connectivity index (χ1) is 9.70. The molecule has 0 saturated heterocycles. The summed E-state index contributed by atoms with van der Waals surface area (Å²) < 4.78 is 5.39. The van der Waals surface area contributed by atoms with Gasteiger partial charge < -0.3 is 10.1 Å². The number of cyclic esters (lactones) is 1. The summed E-state index contributed by atoms with van der Waals surface area (Å²) >= 11 is 0. The van der Waals surface area contributed by atoms with E-state index in [0.29, 0.717) is 5.56 Å². The van der Waals surface area contributed by atoms with Gasteiger partial charge in [-0.15, -0.1) is 0 Å². The van der Waals surface area contributed by atoms with Gasteiger partial charge in [-0.2, -0.15) is 0 Å². The summed E-state index contributed by atoms with van der Waals surface area (Å²) in [5.74, 6) is -0.346. The van der Waals surface area contributed by atoms with E-state index in [-0.39, 0.29) is 5.97 Å². The van der Waals surface area contributed by atoms with Crippen molar-refractivity contribution < 1.29 is 9.53 Å². The Morgan fingerprint density at radius 3 is 3.00 bits per heavy atom. The summed E-state index contributed by atoms with van der Waals surface area (Å²) in [4.78, 5) is 11.8. The Balaban J connectivity index is 1.96. The van der Waals surface area contributed by atoms with E-state index in [1.54, 1.807) is 6.07 Å². The molecule has 2 aromatic carbocycles. The smallest absolute Gasteiger partial charge is 0.349 e. The third-order valence-electron chi connectivity index (χ3n) is 3.56. The molecular formula is C17H15NO2. The highest BCUT2D eigenvalue weighted by Crippen LogP contribution is 2.32. The van der Waals surface area contributed by atoms with Gasteiger partial charge in [-0.05, 0) is 36.6 Å². The zero-order valence-corrected chi connectivity index (χ0v) is 11.5. The van der Waals surface area contributed by atoms with Gasteiger partial charge in [0.15, 0.2) is 0 Å². The molecule has 0 spiro atoms. The highest BCUT2D eigenvalue weighted by Gasteiger charge is 2.31. The quantitative estimate of drug-likeness (QED) is 0.864. The van der Waals surface area contributed by atoms with E-state index in [2.05, 4.69) is 30.4 Å². The van der Waals surface area contributed by atoms with Gasteiger partial charge in [0.25, 0.3) is 0 Å². The van der Waals surface area contributed by atoms with E-state index < -0.39 is 6.23 Å². The normalized spacial score (nSPS) is 16.3. The molecule has 0 saturated carbocycles. The fraction of sp³-hybridized carbons (Fsp3) is 0.235. The monoisotopic (exact) mass is 265 g/mol. The van der Waals surface area contributed by atoms with Gasteiger partial charge in [-0.3, -0.25) is 0 Å². The largest absolute Gasteiger partial charge is 0.433 e. The molecule has 3 heteroatoms. The topological polar surface area (TPSA) is 38.3 Å². The molecule has 3 rings (SSSR count). The number of fused-ring (bicyclic) bond motifs is 1. The molecule has 0 aromatic heterocycles. The summed E-state index contributed by atoms with van der Waals surface area (Å²) in [5, 5.41) is 3.34. The maximum absolute atomic E-state index is 11.8. The maximum Gasteiger partial charge on any atom is 0.349 e. The molecule has 1 aliphatic rings. The van der Waals surface area contributed by atoms with E-state index in [1.807, 2.05) is 25.1 Å². The van der Waals surface area contributed by atoms with Crippen LogP contribution in [0.15, 0.2) is 30.3 Å². The molecule has 0 amide bonds. The lowest BCUT2D eigenvalue weighted by Gasteiger charge is -2.18. The van der Waals surface area contributed by atoms with Crippen molar-refractivity contribution in [3.63, 3.8) is 0 Å². The lowest BCUT2D eigenvalue weighted by molar-refractivity contribution is 0.0437. The minimum Gasteiger partial charge on any atom is -0.433 e. The number of aryl methyl sites for hydroxylation is 2. The number of carbonyl (C=O) groups excluding carboxylic acids is 1. The lowest BCUT2D eigenvalue weighted by Crippen LogP contribution is -2.12. The summed E-state index contributed by atoms with van der Waals surface area (Å²) in [6, 6.07) is 15.4. The van der Waals surface area contributed by atoms with E-state index in [4.69, 9.17) is 4.74 Å². The van der Waals surface area contributed by atoms with Crippen molar-refractivity contribution >= 4 is 11.7 Å². The summed E-state index contributed by atoms with van der Waals surface area (Å²) in [7, 11) is 0. The number of esters is 1. The van der Waals surface area contributed by atoms with Crippen LogP contribution < -0.4 is 5.32 Å². The average molecular weight is 265 g/mol. The van der Waals surface area contributed by atoms with Crippen LogP contribution in [0.4, 0.5) is 5.69 Å². The molecule has 100 valence electrons. The predicted octanol–water partition coefficient (Wildman–Crippen LogP) is 3.44. The van der Waals surface area contributed by atoms with E-state index in [0.717, 1.165) is 23.2 Å². The molecule has 0 aliphatic carbocycles. The number of anilines is 1. The summed E-state index contributed by atoms with van der Waals surface area (Å²) in [6.45, 7) is 4.15. The molecule has 3 nitrogen and oxygen atoms in total. The molecule has 1 N–H and O–H groups in total. The minimum absolute atomic E-state index is 0.346. The van der Waals surface area contributed by atoms with Crippen molar-refractivity contribution in [2.75, 3.05) is 5.32 Å². The Labute approximate surface area is 118 Å². The first-order valence-electron chi connectivity index (χ1n) is 6.69. The van der Waals surface area contributed by atoms with Crippen LogP contribution in [0.2, 0.25) is 0 Å². The Morgan fingerprint density at radius 1 is 1.35 bits per heavy atom. The number of hydrogen-bond acceptors (Lipinski definition) is 3. The summed E-state index contributed by atoms with van der Waals surface area (Å²) in [6.07, 6.45) is 0.474. The van der Waals surface area contributed by atoms with Gasteiger partial charge in [0.2, 0.25) is 6.23 Å². The molecule has 20 heavy (non-hydrogen) atoms. The van der Waals surface area contributed by atoms with Gasteiger partial charge in [0, 0.05) is 11.3 Å². The lowest BCUT2D eigenvalue weighted by atomic mass is 10.0. The highest BCUT2D eigenvalue weighted by molar-refractivity contribution is 5.93. The van der Waals surface area contributed by atoms with Gasteiger partial charge >= 0.3 is 5.97 Å². The van der Waals surface area contributed by atoms with Crippen LogP contribution in [0, 0.1) is 19.1 Å². The third kappa shape index (κ3) is 2.00. The minimum atomic E-state index is -0.449. The van der Waals surface area contributed by atoms with Crippen molar-refractivity contribution in [1.82, 2.24) is 0 Å². The van der Waals surface area contributed by atoms with E-state index in [1.165, 1.54) is 5.56 Å². The highest BCUT2D eigenvalue weighted by atomic mass is 16.6. The van der Waals surface area contributed by atoms with E-state index in [9.17, 15) is 4.79 Å². The van der Waals surface area contributed by atoms with E-state index >= 15 is 0 Å². The van der Waals surface area contributed by atoms with Crippen molar-refractivity contribution in [3.05, 3.63) is 64.7 Å². The number of rotatable bonds is 3. The third-order valence-corrected chi connectivity index (χ3v) is 3.56. The molecule has 1 heterocycles. The van der Waals surface area contributed by atoms with Crippen LogP contribution in [0.5, 0.6) is 0 Å². The standard InChI is InChI=1S/C17H15NO2/c1-3-12-8-6-7-11(2)15(12)18-16-13-9-4-5-10-14(13)17(19)20-16/h4,6-9,16,18H,3H2,1-2H3/t16-/m0/s1. The number of para-hydroxylation sites is 1. The van der Waals surface area contributed by atoms with Crippen molar-refractivity contribution in [2.45, 2.75) is 26.5 Å². The molecule has 0 bridgehead atoms. The molecule has 0 fully saturated rings. The Kier molecular flexibility index (Phi) is 3.08. The number of nitrogens with one attached hydrogen (secondary N) is 1. The van der Waals surface area contributed by atoms with Gasteiger partial charge in [0.05, 0.1) is 0 Å².